The fraction of sp³-hybridized carbons (Fsp3) is 0.615. The van der Waals surface area contributed by atoms with E-state index < -0.39 is 18.8 Å². The van der Waals surface area contributed by atoms with Crippen LogP contribution in [0.3, 0.4) is 0 Å². The predicted octanol–water partition coefficient (Wildman–Crippen LogP) is 4.99. The topological polar surface area (TPSA) is 28.2 Å². The smallest absolute Gasteiger partial charge is 0.369 e. The maximum absolute atomic E-state index is 12.7. The lowest BCUT2D eigenvalue weighted by Crippen LogP contribution is -2.40. The monoisotopic (exact) mass is 343 g/mol. The number of nitrogens with zero attached hydrogens (tertiary/aromatic N) is 2. The molecule has 21 heavy (non-hydrogen) atoms. The molecule has 0 spiro atoms. The van der Waals surface area contributed by atoms with E-state index in [-0.39, 0.29) is 15.9 Å². The summed E-state index contributed by atoms with van der Waals surface area (Å²) < 4.78 is 38.1. The number of anilines is 2. The molecule has 1 heterocycles. The van der Waals surface area contributed by atoms with Crippen LogP contribution in [-0.2, 0) is 0 Å². The van der Waals surface area contributed by atoms with Gasteiger partial charge < -0.3 is 10.2 Å². The minimum Gasteiger partial charge on any atom is -0.369 e. The van der Waals surface area contributed by atoms with Crippen molar-refractivity contribution >= 4 is 34.8 Å². The molecule has 3 nitrogen and oxygen atoms in total. The molecule has 0 atom stereocenters. The van der Waals surface area contributed by atoms with Gasteiger partial charge in [0.15, 0.2) is 0 Å². The quantitative estimate of drug-likeness (QED) is 0.788. The number of rotatable bonds is 6. The number of alkyl halides is 3. The van der Waals surface area contributed by atoms with Crippen LogP contribution in [0.4, 0.5) is 24.8 Å². The summed E-state index contributed by atoms with van der Waals surface area (Å²) in [5, 5.41) is 3.36. The number of hydrogen-bond donors (Lipinski definition) is 1. The largest absolute Gasteiger partial charge is 0.405 e. The summed E-state index contributed by atoms with van der Waals surface area (Å²) in [6.07, 6.45) is -3.50. The summed E-state index contributed by atoms with van der Waals surface area (Å²) in [6.45, 7) is 4.76. The first-order valence-electron chi connectivity index (χ1n) is 6.59. The first kappa shape index (κ1) is 18.2. The van der Waals surface area contributed by atoms with E-state index in [0.29, 0.717) is 12.4 Å². The maximum Gasteiger partial charge on any atom is 0.405 e. The van der Waals surface area contributed by atoms with E-state index in [4.69, 9.17) is 23.2 Å². The Morgan fingerprint density at radius 1 is 1.29 bits per heavy atom. The molecule has 1 aromatic heterocycles. The molecule has 1 rings (SSSR count). The Morgan fingerprint density at radius 3 is 2.38 bits per heavy atom. The zero-order valence-corrected chi connectivity index (χ0v) is 13.6. The summed E-state index contributed by atoms with van der Waals surface area (Å²) in [5.41, 5.74) is 0. The van der Waals surface area contributed by atoms with Crippen molar-refractivity contribution in [2.45, 2.75) is 39.4 Å². The van der Waals surface area contributed by atoms with E-state index in [9.17, 15) is 13.2 Å². The van der Waals surface area contributed by atoms with Crippen LogP contribution in [0, 0.1) is 0 Å². The van der Waals surface area contributed by atoms with E-state index >= 15 is 0 Å². The van der Waals surface area contributed by atoms with Gasteiger partial charge in [0.1, 0.15) is 18.2 Å². The van der Waals surface area contributed by atoms with Crippen LogP contribution in [0.1, 0.15) is 27.2 Å². The zero-order chi connectivity index (χ0) is 16.2. The third-order valence-corrected chi connectivity index (χ3v) is 3.26. The van der Waals surface area contributed by atoms with Gasteiger partial charge >= 0.3 is 6.18 Å². The molecule has 0 amide bonds. The molecular weight excluding hydrogens is 326 g/mol. The van der Waals surface area contributed by atoms with Gasteiger partial charge in [-0.1, -0.05) is 30.1 Å². The molecule has 1 N–H and O–H groups in total. The molecule has 0 radical (unpaired) electrons. The Kier molecular flexibility index (Phi) is 6.41. The van der Waals surface area contributed by atoms with Crippen molar-refractivity contribution in [2.75, 3.05) is 23.3 Å². The van der Waals surface area contributed by atoms with E-state index in [1.54, 1.807) is 13.8 Å². The van der Waals surface area contributed by atoms with Crippen LogP contribution in [0.5, 0.6) is 0 Å². The second kappa shape index (κ2) is 7.40. The molecule has 0 aliphatic heterocycles. The zero-order valence-electron chi connectivity index (χ0n) is 12.1. The van der Waals surface area contributed by atoms with E-state index in [1.807, 2.05) is 6.92 Å². The molecule has 0 aliphatic carbocycles. The molecule has 0 saturated carbocycles. The van der Waals surface area contributed by atoms with E-state index in [0.717, 1.165) is 11.3 Å². The van der Waals surface area contributed by atoms with Crippen LogP contribution in [0.2, 0.25) is 10.0 Å². The Morgan fingerprint density at radius 2 is 1.90 bits per heavy atom. The molecule has 0 saturated heterocycles. The van der Waals surface area contributed by atoms with Crippen molar-refractivity contribution in [1.29, 1.82) is 0 Å². The molecule has 8 heteroatoms. The second-order valence-electron chi connectivity index (χ2n) is 4.89. The van der Waals surface area contributed by atoms with Crippen molar-refractivity contribution < 1.29 is 13.2 Å². The average Bonchev–Trinajstić information content (AvgIpc) is 2.34. The van der Waals surface area contributed by atoms with Crippen LogP contribution in [0.25, 0.3) is 0 Å². The normalized spacial score (nSPS) is 11.9. The summed E-state index contributed by atoms with van der Waals surface area (Å²) in [5.74, 6) is 0.415. The second-order valence-corrected chi connectivity index (χ2v) is 5.70. The third-order valence-electron chi connectivity index (χ3n) is 2.70. The SMILES string of the molecule is CCCNc1nc(N(CC(F)(F)F)C(C)C)c(Cl)cc1Cl. The minimum absolute atomic E-state index is 0.0759. The first-order valence-corrected chi connectivity index (χ1v) is 7.34. The molecule has 0 aliphatic rings. The van der Waals surface area contributed by atoms with Gasteiger partial charge in [-0.2, -0.15) is 13.2 Å². The van der Waals surface area contributed by atoms with Gasteiger partial charge in [-0.05, 0) is 26.3 Å². The van der Waals surface area contributed by atoms with Crippen molar-refractivity contribution in [3.8, 4) is 0 Å². The van der Waals surface area contributed by atoms with Gasteiger partial charge in [0, 0.05) is 12.6 Å². The fourth-order valence-electron chi connectivity index (χ4n) is 1.72. The summed E-state index contributed by atoms with van der Waals surface area (Å²) in [4.78, 5) is 5.27. The number of hydrogen-bond acceptors (Lipinski definition) is 3. The Balaban J connectivity index is 3.18. The molecule has 0 aromatic carbocycles. The Bertz CT molecular complexity index is 478. The molecule has 120 valence electrons. The molecule has 0 fully saturated rings. The highest BCUT2D eigenvalue weighted by Gasteiger charge is 2.33. The van der Waals surface area contributed by atoms with Crippen LogP contribution < -0.4 is 10.2 Å². The lowest BCUT2D eigenvalue weighted by molar-refractivity contribution is -0.120. The lowest BCUT2D eigenvalue weighted by atomic mass is 10.3. The van der Waals surface area contributed by atoms with Gasteiger partial charge in [0.2, 0.25) is 0 Å². The van der Waals surface area contributed by atoms with Gasteiger partial charge in [-0.3, -0.25) is 0 Å². The van der Waals surface area contributed by atoms with Gasteiger partial charge in [-0.15, -0.1) is 0 Å². The summed E-state index contributed by atoms with van der Waals surface area (Å²) in [7, 11) is 0. The van der Waals surface area contributed by atoms with Gasteiger partial charge in [0.25, 0.3) is 0 Å². The number of aromatic nitrogens is 1. The van der Waals surface area contributed by atoms with E-state index in [1.165, 1.54) is 6.07 Å². The Hall–Kier alpha value is -0.880. The van der Waals surface area contributed by atoms with Gasteiger partial charge in [-0.25, -0.2) is 4.98 Å². The minimum atomic E-state index is -4.34. The van der Waals surface area contributed by atoms with E-state index in [2.05, 4.69) is 10.3 Å². The molecular formula is C13H18Cl2F3N3. The van der Waals surface area contributed by atoms with Crippen molar-refractivity contribution in [2.24, 2.45) is 0 Å². The third kappa shape index (κ3) is 5.43. The van der Waals surface area contributed by atoms with Crippen molar-refractivity contribution in [1.82, 2.24) is 4.98 Å². The van der Waals surface area contributed by atoms with Gasteiger partial charge in [0.05, 0.1) is 10.0 Å². The highest BCUT2D eigenvalue weighted by molar-refractivity contribution is 6.37. The lowest BCUT2D eigenvalue weighted by Gasteiger charge is -2.30. The molecule has 0 bridgehead atoms. The number of pyridine rings is 1. The standard InChI is InChI=1S/C13H18Cl2F3N3/c1-4-5-19-11-9(14)6-10(15)12(20-11)21(8(2)3)7-13(16,17)18/h6,8H,4-5,7H2,1-3H3,(H,19,20). The van der Waals surface area contributed by atoms with Crippen LogP contribution in [-0.4, -0.2) is 30.3 Å². The van der Waals surface area contributed by atoms with Crippen molar-refractivity contribution in [3.63, 3.8) is 0 Å². The summed E-state index contributed by atoms with van der Waals surface area (Å²) >= 11 is 12.0. The molecule has 0 unspecified atom stereocenters. The fourth-order valence-corrected chi connectivity index (χ4v) is 2.25. The highest BCUT2D eigenvalue weighted by atomic mass is 35.5. The number of halogens is 5. The van der Waals surface area contributed by atoms with Crippen LogP contribution in [0.15, 0.2) is 6.07 Å². The number of nitrogens with one attached hydrogen (secondary N) is 1. The predicted molar refractivity (Wildman–Crippen MR) is 81.6 cm³/mol. The first-order chi connectivity index (χ1) is 9.65. The Labute approximate surface area is 132 Å². The molecule has 1 aromatic rings. The van der Waals surface area contributed by atoms with Crippen molar-refractivity contribution in [3.05, 3.63) is 16.1 Å². The van der Waals surface area contributed by atoms with Crippen LogP contribution >= 0.6 is 23.2 Å². The maximum atomic E-state index is 12.7. The average molecular weight is 344 g/mol. The highest BCUT2D eigenvalue weighted by Crippen LogP contribution is 2.34. The summed E-state index contributed by atoms with van der Waals surface area (Å²) in [6, 6.07) is 1.01.